The highest BCUT2D eigenvalue weighted by molar-refractivity contribution is 9.10. The van der Waals surface area contributed by atoms with Gasteiger partial charge in [-0.25, -0.2) is 0 Å². The van der Waals surface area contributed by atoms with E-state index in [9.17, 15) is 4.79 Å². The van der Waals surface area contributed by atoms with Gasteiger partial charge in [0.25, 0.3) is 0 Å². The van der Waals surface area contributed by atoms with Crippen LogP contribution in [0.15, 0.2) is 28.7 Å². The zero-order valence-corrected chi connectivity index (χ0v) is 12.2. The molecule has 2 atom stereocenters. The number of amides is 1. The van der Waals surface area contributed by atoms with Gasteiger partial charge in [0.1, 0.15) is 6.04 Å². The standard InChI is InChI=1S/C13H19BrN2O2/c1-9(16-13(17)12(15)8-18-2)6-10-4-3-5-11(14)7-10/h3-5,7,9,12H,6,8,15H2,1-2H3,(H,16,17). The molecule has 0 radical (unpaired) electrons. The van der Waals surface area contributed by atoms with Crippen molar-refractivity contribution in [3.8, 4) is 0 Å². The molecule has 0 aliphatic carbocycles. The van der Waals surface area contributed by atoms with E-state index in [2.05, 4.69) is 21.2 Å². The minimum absolute atomic E-state index is 0.0368. The Kier molecular flexibility index (Phi) is 6.32. The summed E-state index contributed by atoms with van der Waals surface area (Å²) in [7, 11) is 1.53. The highest BCUT2D eigenvalue weighted by Gasteiger charge is 2.15. The first-order chi connectivity index (χ1) is 8.52. The lowest BCUT2D eigenvalue weighted by Gasteiger charge is -2.17. The van der Waals surface area contributed by atoms with E-state index in [0.717, 1.165) is 16.5 Å². The molecule has 18 heavy (non-hydrogen) atoms. The lowest BCUT2D eigenvalue weighted by molar-refractivity contribution is -0.124. The van der Waals surface area contributed by atoms with E-state index in [1.54, 1.807) is 0 Å². The first kappa shape index (κ1) is 15.1. The number of halogens is 1. The van der Waals surface area contributed by atoms with Crippen molar-refractivity contribution < 1.29 is 9.53 Å². The molecular weight excluding hydrogens is 296 g/mol. The Labute approximate surface area is 116 Å². The van der Waals surface area contributed by atoms with Crippen molar-refractivity contribution in [2.45, 2.75) is 25.4 Å². The molecule has 1 amide bonds. The monoisotopic (exact) mass is 314 g/mol. The van der Waals surface area contributed by atoms with Gasteiger partial charge in [-0.3, -0.25) is 4.79 Å². The van der Waals surface area contributed by atoms with Crippen LogP contribution in [0.3, 0.4) is 0 Å². The quantitative estimate of drug-likeness (QED) is 0.835. The summed E-state index contributed by atoms with van der Waals surface area (Å²) in [5.41, 5.74) is 6.81. The van der Waals surface area contributed by atoms with Crippen LogP contribution in [0.4, 0.5) is 0 Å². The molecule has 0 saturated heterocycles. The molecule has 0 aliphatic rings. The van der Waals surface area contributed by atoms with Crippen LogP contribution < -0.4 is 11.1 Å². The molecule has 1 rings (SSSR count). The number of ether oxygens (including phenoxy) is 1. The Morgan fingerprint density at radius 3 is 2.89 bits per heavy atom. The van der Waals surface area contributed by atoms with E-state index in [4.69, 9.17) is 10.5 Å². The third kappa shape index (κ3) is 5.16. The summed E-state index contributed by atoms with van der Waals surface area (Å²) in [6.07, 6.45) is 0.769. The topological polar surface area (TPSA) is 64.3 Å². The fraction of sp³-hybridized carbons (Fsp3) is 0.462. The highest BCUT2D eigenvalue weighted by Crippen LogP contribution is 2.13. The molecule has 0 fully saturated rings. The van der Waals surface area contributed by atoms with Crippen molar-refractivity contribution in [1.29, 1.82) is 0 Å². The number of hydrogen-bond donors (Lipinski definition) is 2. The third-order valence-corrected chi connectivity index (χ3v) is 3.00. The van der Waals surface area contributed by atoms with Crippen LogP contribution in [0, 0.1) is 0 Å². The second-order valence-corrected chi connectivity index (χ2v) is 5.22. The molecule has 1 aromatic rings. The lowest BCUT2D eigenvalue weighted by Crippen LogP contribution is -2.47. The summed E-state index contributed by atoms with van der Waals surface area (Å²) in [5.74, 6) is -0.181. The number of nitrogens with one attached hydrogen (secondary N) is 1. The van der Waals surface area contributed by atoms with Crippen molar-refractivity contribution in [2.24, 2.45) is 5.73 Å². The van der Waals surface area contributed by atoms with Gasteiger partial charge in [0.05, 0.1) is 6.61 Å². The number of carbonyl (C=O) groups excluding carboxylic acids is 1. The molecule has 100 valence electrons. The third-order valence-electron chi connectivity index (χ3n) is 2.50. The molecule has 3 N–H and O–H groups in total. The summed E-state index contributed by atoms with van der Waals surface area (Å²) in [6.45, 7) is 2.19. The molecule has 0 spiro atoms. The number of carbonyl (C=O) groups is 1. The van der Waals surface area contributed by atoms with Crippen LogP contribution in [0.2, 0.25) is 0 Å². The zero-order chi connectivity index (χ0) is 13.5. The van der Waals surface area contributed by atoms with Crippen LogP contribution >= 0.6 is 15.9 Å². The molecule has 0 aliphatic heterocycles. The lowest BCUT2D eigenvalue weighted by atomic mass is 10.1. The maximum atomic E-state index is 11.7. The smallest absolute Gasteiger partial charge is 0.239 e. The van der Waals surface area contributed by atoms with Gasteiger partial charge in [-0.1, -0.05) is 28.1 Å². The molecule has 0 bridgehead atoms. The Morgan fingerprint density at radius 2 is 2.28 bits per heavy atom. The van der Waals surface area contributed by atoms with Crippen molar-refractivity contribution >= 4 is 21.8 Å². The highest BCUT2D eigenvalue weighted by atomic mass is 79.9. The van der Waals surface area contributed by atoms with Gasteiger partial charge < -0.3 is 15.8 Å². The second kappa shape index (κ2) is 7.51. The fourth-order valence-electron chi connectivity index (χ4n) is 1.67. The number of rotatable bonds is 6. The van der Waals surface area contributed by atoms with E-state index in [1.807, 2.05) is 31.2 Å². The van der Waals surface area contributed by atoms with Gasteiger partial charge in [-0.2, -0.15) is 0 Å². The second-order valence-electron chi connectivity index (χ2n) is 4.31. The van der Waals surface area contributed by atoms with Crippen LogP contribution in [-0.2, 0) is 16.0 Å². The van der Waals surface area contributed by atoms with Crippen molar-refractivity contribution in [1.82, 2.24) is 5.32 Å². The largest absolute Gasteiger partial charge is 0.383 e. The van der Waals surface area contributed by atoms with E-state index in [-0.39, 0.29) is 18.6 Å². The summed E-state index contributed by atoms with van der Waals surface area (Å²) in [5, 5.41) is 2.87. The summed E-state index contributed by atoms with van der Waals surface area (Å²) >= 11 is 3.42. The van der Waals surface area contributed by atoms with Gasteiger partial charge in [-0.05, 0) is 31.0 Å². The van der Waals surface area contributed by atoms with Crippen molar-refractivity contribution in [3.63, 3.8) is 0 Å². The Balaban J connectivity index is 2.46. The molecule has 2 unspecified atom stereocenters. The molecule has 4 nitrogen and oxygen atoms in total. The maximum absolute atomic E-state index is 11.7. The number of nitrogens with two attached hydrogens (primary N) is 1. The summed E-state index contributed by atoms with van der Waals surface area (Å²) in [6, 6.07) is 7.45. The first-order valence-corrected chi connectivity index (χ1v) is 6.61. The average molecular weight is 315 g/mol. The minimum atomic E-state index is -0.611. The van der Waals surface area contributed by atoms with Gasteiger partial charge in [0.15, 0.2) is 0 Å². The number of benzene rings is 1. The van der Waals surface area contributed by atoms with Gasteiger partial charge in [0, 0.05) is 17.6 Å². The minimum Gasteiger partial charge on any atom is -0.383 e. The molecular formula is C13H19BrN2O2. The summed E-state index contributed by atoms with van der Waals surface area (Å²) in [4.78, 5) is 11.7. The van der Waals surface area contributed by atoms with Gasteiger partial charge in [-0.15, -0.1) is 0 Å². The average Bonchev–Trinajstić information content (AvgIpc) is 2.28. The van der Waals surface area contributed by atoms with Gasteiger partial charge >= 0.3 is 0 Å². The van der Waals surface area contributed by atoms with Gasteiger partial charge in [0.2, 0.25) is 5.91 Å². The predicted octanol–water partition coefficient (Wildman–Crippen LogP) is 1.47. The van der Waals surface area contributed by atoms with E-state index >= 15 is 0 Å². The maximum Gasteiger partial charge on any atom is 0.239 e. The SMILES string of the molecule is COCC(N)C(=O)NC(C)Cc1cccc(Br)c1. The van der Waals surface area contributed by atoms with Crippen LogP contribution in [-0.4, -0.2) is 31.7 Å². The molecule has 1 aromatic carbocycles. The van der Waals surface area contributed by atoms with Crippen LogP contribution in [0.1, 0.15) is 12.5 Å². The number of methoxy groups -OCH3 is 1. The van der Waals surface area contributed by atoms with Crippen molar-refractivity contribution in [3.05, 3.63) is 34.3 Å². The molecule has 0 aromatic heterocycles. The number of hydrogen-bond acceptors (Lipinski definition) is 3. The molecule has 0 saturated carbocycles. The summed E-state index contributed by atoms with van der Waals surface area (Å²) < 4.78 is 5.88. The van der Waals surface area contributed by atoms with Crippen LogP contribution in [0.25, 0.3) is 0 Å². The Hall–Kier alpha value is -0.910. The Morgan fingerprint density at radius 1 is 1.56 bits per heavy atom. The Bertz CT molecular complexity index is 398. The molecule has 5 heteroatoms. The predicted molar refractivity (Wildman–Crippen MR) is 75.3 cm³/mol. The van der Waals surface area contributed by atoms with E-state index in [0.29, 0.717) is 0 Å². The van der Waals surface area contributed by atoms with Crippen molar-refractivity contribution in [2.75, 3.05) is 13.7 Å². The van der Waals surface area contributed by atoms with E-state index < -0.39 is 6.04 Å². The van der Waals surface area contributed by atoms with Crippen LogP contribution in [0.5, 0.6) is 0 Å². The first-order valence-electron chi connectivity index (χ1n) is 5.82. The normalized spacial score (nSPS) is 14.0. The van der Waals surface area contributed by atoms with E-state index in [1.165, 1.54) is 7.11 Å². The zero-order valence-electron chi connectivity index (χ0n) is 10.7. The molecule has 0 heterocycles. The fourth-order valence-corrected chi connectivity index (χ4v) is 2.12.